The predicted octanol–water partition coefficient (Wildman–Crippen LogP) is 4.10. The fourth-order valence-electron chi connectivity index (χ4n) is 2.14. The summed E-state index contributed by atoms with van der Waals surface area (Å²) in [5, 5.41) is 2.87. The summed E-state index contributed by atoms with van der Waals surface area (Å²) in [7, 11) is 0. The van der Waals surface area contributed by atoms with Crippen molar-refractivity contribution in [3.63, 3.8) is 0 Å². The van der Waals surface area contributed by atoms with Crippen LogP contribution in [0.2, 0.25) is 0 Å². The van der Waals surface area contributed by atoms with E-state index in [-0.39, 0.29) is 5.91 Å². The normalized spacial score (nSPS) is 10.2. The zero-order valence-electron chi connectivity index (χ0n) is 14.2. The van der Waals surface area contributed by atoms with E-state index in [1.54, 1.807) is 18.2 Å². The van der Waals surface area contributed by atoms with Crippen molar-refractivity contribution in [2.75, 3.05) is 24.3 Å². The Morgan fingerprint density at radius 3 is 2.33 bits per heavy atom. The number of benzene rings is 2. The second kappa shape index (κ2) is 8.82. The van der Waals surface area contributed by atoms with E-state index in [2.05, 4.69) is 5.32 Å². The van der Waals surface area contributed by atoms with Crippen LogP contribution in [0, 0.1) is 0 Å². The molecule has 2 aromatic carbocycles. The second-order valence-electron chi connectivity index (χ2n) is 5.40. The maximum absolute atomic E-state index is 12.5. The maximum Gasteiger partial charge on any atom is 0.255 e. The van der Waals surface area contributed by atoms with Gasteiger partial charge < -0.3 is 20.5 Å². The lowest BCUT2D eigenvalue weighted by Crippen LogP contribution is -2.13. The van der Waals surface area contributed by atoms with Crippen LogP contribution < -0.4 is 20.5 Å². The molecule has 0 spiro atoms. The van der Waals surface area contributed by atoms with Gasteiger partial charge in [0.2, 0.25) is 0 Å². The van der Waals surface area contributed by atoms with Crippen molar-refractivity contribution in [1.82, 2.24) is 0 Å². The summed E-state index contributed by atoms with van der Waals surface area (Å²) in [4.78, 5) is 12.5. The van der Waals surface area contributed by atoms with Crippen LogP contribution in [0.25, 0.3) is 0 Å². The average Bonchev–Trinajstić information content (AvgIpc) is 2.60. The molecule has 0 aliphatic rings. The molecule has 5 nitrogen and oxygen atoms in total. The Morgan fingerprint density at radius 2 is 1.67 bits per heavy atom. The topological polar surface area (TPSA) is 73.6 Å². The number of carbonyl (C=O) groups is 1. The van der Waals surface area contributed by atoms with Crippen molar-refractivity contribution < 1.29 is 14.3 Å². The van der Waals surface area contributed by atoms with E-state index in [1.165, 1.54) is 0 Å². The van der Waals surface area contributed by atoms with E-state index in [9.17, 15) is 4.79 Å². The first-order chi connectivity index (χ1) is 11.7. The van der Waals surface area contributed by atoms with Crippen molar-refractivity contribution in [2.24, 2.45) is 0 Å². The minimum absolute atomic E-state index is 0.240. The van der Waals surface area contributed by atoms with Gasteiger partial charge in [0.05, 0.1) is 24.6 Å². The number of ether oxygens (including phenoxy) is 2. The van der Waals surface area contributed by atoms with Gasteiger partial charge in [0.15, 0.2) is 0 Å². The summed E-state index contributed by atoms with van der Waals surface area (Å²) in [6.45, 7) is 5.25. The van der Waals surface area contributed by atoms with Crippen LogP contribution >= 0.6 is 0 Å². The molecule has 0 aromatic heterocycles. The third-order valence-corrected chi connectivity index (χ3v) is 3.33. The highest BCUT2D eigenvalue weighted by Crippen LogP contribution is 2.26. The van der Waals surface area contributed by atoms with Gasteiger partial charge in [0.25, 0.3) is 5.91 Å². The van der Waals surface area contributed by atoms with Gasteiger partial charge in [-0.1, -0.05) is 26.0 Å². The number of rotatable bonds is 8. The molecule has 2 aromatic rings. The molecule has 0 bridgehead atoms. The number of hydrogen-bond donors (Lipinski definition) is 2. The van der Waals surface area contributed by atoms with E-state index < -0.39 is 0 Å². The van der Waals surface area contributed by atoms with E-state index in [4.69, 9.17) is 15.2 Å². The molecular weight excluding hydrogens is 304 g/mol. The zero-order chi connectivity index (χ0) is 17.4. The molecule has 0 aliphatic heterocycles. The van der Waals surface area contributed by atoms with Crippen LogP contribution in [-0.4, -0.2) is 19.1 Å². The molecule has 0 fully saturated rings. The lowest BCUT2D eigenvalue weighted by Gasteiger charge is -2.13. The summed E-state index contributed by atoms with van der Waals surface area (Å²) < 4.78 is 11.2. The quantitative estimate of drug-likeness (QED) is 0.716. The molecule has 0 saturated heterocycles. The molecule has 1 amide bonds. The number of nitrogen functional groups attached to an aromatic ring is 1. The molecule has 24 heavy (non-hydrogen) atoms. The lowest BCUT2D eigenvalue weighted by atomic mass is 10.1. The average molecular weight is 328 g/mol. The van der Waals surface area contributed by atoms with Gasteiger partial charge in [-0.05, 0) is 43.2 Å². The monoisotopic (exact) mass is 328 g/mol. The van der Waals surface area contributed by atoms with Crippen LogP contribution in [-0.2, 0) is 0 Å². The number of para-hydroxylation sites is 2. The van der Waals surface area contributed by atoms with Crippen molar-refractivity contribution in [2.45, 2.75) is 26.7 Å². The van der Waals surface area contributed by atoms with Crippen LogP contribution in [0.15, 0.2) is 42.5 Å². The number of nitrogens with two attached hydrogens (primary N) is 1. The highest BCUT2D eigenvalue weighted by molar-refractivity contribution is 6.05. The van der Waals surface area contributed by atoms with E-state index >= 15 is 0 Å². The fraction of sp³-hybridized carbons (Fsp3) is 0.316. The molecule has 0 heterocycles. The number of nitrogens with one attached hydrogen (secondary N) is 1. The second-order valence-corrected chi connectivity index (χ2v) is 5.40. The smallest absolute Gasteiger partial charge is 0.255 e. The summed E-state index contributed by atoms with van der Waals surface area (Å²) >= 11 is 0. The Balaban J connectivity index is 2.11. The third-order valence-electron chi connectivity index (χ3n) is 3.33. The predicted molar refractivity (Wildman–Crippen MR) is 96.8 cm³/mol. The standard InChI is InChI=1S/C19H24N2O3/c1-3-11-23-17-10-9-14(13-15(17)20)19(22)21-16-7-5-6-8-18(16)24-12-4-2/h5-10,13H,3-4,11-12,20H2,1-2H3,(H,21,22). The van der Waals surface area contributed by atoms with Crippen molar-refractivity contribution in [3.05, 3.63) is 48.0 Å². The number of amides is 1. The summed E-state index contributed by atoms with van der Waals surface area (Å²) in [5.41, 5.74) is 7.52. The van der Waals surface area contributed by atoms with E-state index in [0.29, 0.717) is 41.7 Å². The molecule has 0 unspecified atom stereocenters. The van der Waals surface area contributed by atoms with Gasteiger partial charge in [-0.2, -0.15) is 0 Å². The Bertz CT molecular complexity index is 686. The summed E-state index contributed by atoms with van der Waals surface area (Å²) in [6, 6.07) is 12.4. The van der Waals surface area contributed by atoms with E-state index in [1.807, 2.05) is 38.1 Å². The Morgan fingerprint density at radius 1 is 1.00 bits per heavy atom. The fourth-order valence-corrected chi connectivity index (χ4v) is 2.14. The summed E-state index contributed by atoms with van der Waals surface area (Å²) in [6.07, 6.45) is 1.80. The SMILES string of the molecule is CCCOc1ccc(C(=O)Nc2ccccc2OCCC)cc1N. The molecule has 0 atom stereocenters. The van der Waals surface area contributed by atoms with Gasteiger partial charge in [0, 0.05) is 5.56 Å². The molecule has 2 rings (SSSR count). The third kappa shape index (κ3) is 4.65. The number of anilines is 2. The molecule has 5 heteroatoms. The van der Waals surface area contributed by atoms with Crippen molar-refractivity contribution >= 4 is 17.3 Å². The minimum Gasteiger partial charge on any atom is -0.491 e. The van der Waals surface area contributed by atoms with Crippen LogP contribution in [0.4, 0.5) is 11.4 Å². The van der Waals surface area contributed by atoms with Gasteiger partial charge in [-0.25, -0.2) is 0 Å². The highest BCUT2D eigenvalue weighted by atomic mass is 16.5. The molecule has 0 radical (unpaired) electrons. The minimum atomic E-state index is -0.240. The van der Waals surface area contributed by atoms with Crippen LogP contribution in [0.5, 0.6) is 11.5 Å². The number of hydrogen-bond acceptors (Lipinski definition) is 4. The lowest BCUT2D eigenvalue weighted by molar-refractivity contribution is 0.102. The van der Waals surface area contributed by atoms with Gasteiger partial charge in [-0.3, -0.25) is 4.79 Å². The Labute approximate surface area is 142 Å². The first-order valence-electron chi connectivity index (χ1n) is 8.21. The molecule has 128 valence electrons. The molecule has 0 aliphatic carbocycles. The molecule has 0 saturated carbocycles. The van der Waals surface area contributed by atoms with Gasteiger partial charge in [0.1, 0.15) is 11.5 Å². The van der Waals surface area contributed by atoms with Crippen LogP contribution in [0.3, 0.4) is 0 Å². The van der Waals surface area contributed by atoms with Crippen LogP contribution in [0.1, 0.15) is 37.0 Å². The summed E-state index contributed by atoms with van der Waals surface area (Å²) in [5.74, 6) is 1.01. The Hall–Kier alpha value is -2.69. The highest BCUT2D eigenvalue weighted by Gasteiger charge is 2.12. The van der Waals surface area contributed by atoms with E-state index in [0.717, 1.165) is 12.8 Å². The van der Waals surface area contributed by atoms with Crippen molar-refractivity contribution in [3.8, 4) is 11.5 Å². The first-order valence-corrected chi connectivity index (χ1v) is 8.21. The largest absolute Gasteiger partial charge is 0.491 e. The van der Waals surface area contributed by atoms with Gasteiger partial charge >= 0.3 is 0 Å². The Kier molecular flexibility index (Phi) is 6.49. The molecular formula is C19H24N2O3. The molecule has 3 N–H and O–H groups in total. The zero-order valence-corrected chi connectivity index (χ0v) is 14.2. The number of carbonyl (C=O) groups excluding carboxylic acids is 1. The maximum atomic E-state index is 12.5. The first kappa shape index (κ1) is 17.7. The van der Waals surface area contributed by atoms with Gasteiger partial charge in [-0.15, -0.1) is 0 Å². The van der Waals surface area contributed by atoms with Crippen molar-refractivity contribution in [1.29, 1.82) is 0 Å².